The first kappa shape index (κ1) is 27.0. The Balaban J connectivity index is 0.00000450. The molecule has 0 amide bonds. The summed E-state index contributed by atoms with van der Waals surface area (Å²) in [6.45, 7) is 5.79. The number of aliphatic imine (C=N–C) groups is 1. The van der Waals surface area contributed by atoms with Gasteiger partial charge in [-0.3, -0.25) is 4.90 Å². The second-order valence-electron chi connectivity index (χ2n) is 7.30. The molecule has 0 saturated carbocycles. The zero-order valence-corrected chi connectivity index (χ0v) is 20.6. The molecular formula is C19H30F3IN4O2S. The lowest BCUT2D eigenvalue weighted by Crippen LogP contribution is -2.56. The highest BCUT2D eigenvalue weighted by Gasteiger charge is 2.41. The average molecular weight is 562 g/mol. The van der Waals surface area contributed by atoms with E-state index in [2.05, 4.69) is 10.3 Å². The number of rotatable bonds is 6. The van der Waals surface area contributed by atoms with Gasteiger partial charge in [-0.2, -0.15) is 13.2 Å². The van der Waals surface area contributed by atoms with Gasteiger partial charge in [-0.1, -0.05) is 24.3 Å². The lowest BCUT2D eigenvalue weighted by Gasteiger charge is -2.39. The Morgan fingerprint density at radius 1 is 1.13 bits per heavy atom. The molecule has 1 unspecified atom stereocenters. The zero-order chi connectivity index (χ0) is 21.7. The van der Waals surface area contributed by atoms with Gasteiger partial charge in [-0.05, 0) is 25.0 Å². The van der Waals surface area contributed by atoms with E-state index in [4.69, 9.17) is 0 Å². The quantitative estimate of drug-likeness (QED) is 0.329. The summed E-state index contributed by atoms with van der Waals surface area (Å²) in [5.74, 6) is 0.673. The maximum atomic E-state index is 12.9. The Hall–Kier alpha value is -1.08. The van der Waals surface area contributed by atoms with Gasteiger partial charge in [0, 0.05) is 39.0 Å². The third-order valence-electron chi connectivity index (χ3n) is 4.83. The minimum atomic E-state index is -4.22. The normalized spacial score (nSPS) is 17.4. The number of nitrogens with one attached hydrogen (secondary N) is 1. The van der Waals surface area contributed by atoms with Crippen LogP contribution in [0.5, 0.6) is 0 Å². The van der Waals surface area contributed by atoms with Crippen LogP contribution in [0.2, 0.25) is 0 Å². The standard InChI is InChI=1S/C19H29F3N4O2S.HI/c1-4-23-18(26-11-9-25(10-12-26)15(2)19(20,21)22)24-13-16-5-7-17(8-6-16)14-29(3,27)28;/h5-8,15H,4,9-14H2,1-3H3,(H,23,24);1H. The first-order chi connectivity index (χ1) is 13.5. The number of piperazine rings is 1. The van der Waals surface area contributed by atoms with Gasteiger partial charge in [0.1, 0.15) is 6.04 Å². The molecule has 1 aliphatic rings. The van der Waals surface area contributed by atoms with Crippen molar-refractivity contribution in [1.29, 1.82) is 0 Å². The second-order valence-corrected chi connectivity index (χ2v) is 9.44. The summed E-state index contributed by atoms with van der Waals surface area (Å²) in [5.41, 5.74) is 1.66. The zero-order valence-electron chi connectivity index (χ0n) is 17.4. The van der Waals surface area contributed by atoms with E-state index in [-0.39, 0.29) is 29.7 Å². The third kappa shape index (κ3) is 8.58. The number of sulfone groups is 1. The average Bonchev–Trinajstić information content (AvgIpc) is 2.64. The largest absolute Gasteiger partial charge is 0.403 e. The van der Waals surface area contributed by atoms with Crippen LogP contribution in [0.3, 0.4) is 0 Å². The molecule has 1 atom stereocenters. The molecule has 0 aromatic heterocycles. The first-order valence-corrected chi connectivity index (χ1v) is 11.6. The highest BCUT2D eigenvalue weighted by atomic mass is 127. The van der Waals surface area contributed by atoms with Crippen LogP contribution in [-0.2, 0) is 22.1 Å². The van der Waals surface area contributed by atoms with Crippen LogP contribution < -0.4 is 5.32 Å². The maximum absolute atomic E-state index is 12.9. The maximum Gasteiger partial charge on any atom is 0.403 e. The molecule has 1 aromatic rings. The van der Waals surface area contributed by atoms with Gasteiger partial charge in [-0.25, -0.2) is 13.4 Å². The number of guanidine groups is 1. The van der Waals surface area contributed by atoms with Crippen LogP contribution in [0.1, 0.15) is 25.0 Å². The van der Waals surface area contributed by atoms with Crippen molar-refractivity contribution in [3.8, 4) is 0 Å². The molecule has 1 aromatic carbocycles. The molecule has 1 aliphatic heterocycles. The van der Waals surface area contributed by atoms with E-state index in [1.807, 2.05) is 24.0 Å². The minimum Gasteiger partial charge on any atom is -0.357 e. The topological polar surface area (TPSA) is 65.0 Å². The SMILES string of the molecule is CCNC(=NCc1ccc(CS(C)(=O)=O)cc1)N1CCN(C(C)C(F)(F)F)CC1.I. The van der Waals surface area contributed by atoms with Crippen molar-refractivity contribution in [3.63, 3.8) is 0 Å². The molecule has 1 fully saturated rings. The molecule has 30 heavy (non-hydrogen) atoms. The molecule has 0 bridgehead atoms. The Bertz CT molecular complexity index is 793. The lowest BCUT2D eigenvalue weighted by atomic mass is 10.1. The van der Waals surface area contributed by atoms with Crippen molar-refractivity contribution in [2.24, 2.45) is 4.99 Å². The van der Waals surface area contributed by atoms with Crippen LogP contribution in [-0.4, -0.2) is 75.4 Å². The fourth-order valence-corrected chi connectivity index (χ4v) is 3.96. The molecule has 1 N–H and O–H groups in total. The number of benzene rings is 1. The Labute approximate surface area is 193 Å². The Morgan fingerprint density at radius 2 is 1.67 bits per heavy atom. The molecule has 6 nitrogen and oxygen atoms in total. The fourth-order valence-electron chi connectivity index (χ4n) is 3.16. The van der Waals surface area contributed by atoms with E-state index in [1.54, 1.807) is 12.1 Å². The van der Waals surface area contributed by atoms with E-state index < -0.39 is 22.1 Å². The molecule has 11 heteroatoms. The van der Waals surface area contributed by atoms with E-state index in [1.165, 1.54) is 18.1 Å². The molecule has 0 spiro atoms. The van der Waals surface area contributed by atoms with Crippen molar-refractivity contribution >= 4 is 39.8 Å². The van der Waals surface area contributed by atoms with Crippen LogP contribution in [0.25, 0.3) is 0 Å². The number of hydrogen-bond acceptors (Lipinski definition) is 4. The predicted octanol–water partition coefficient (Wildman–Crippen LogP) is 2.88. The number of halogens is 4. The monoisotopic (exact) mass is 562 g/mol. The number of hydrogen-bond donors (Lipinski definition) is 1. The summed E-state index contributed by atoms with van der Waals surface area (Å²) in [5, 5.41) is 3.20. The smallest absolute Gasteiger partial charge is 0.357 e. The van der Waals surface area contributed by atoms with Gasteiger partial charge in [0.25, 0.3) is 0 Å². The summed E-state index contributed by atoms with van der Waals surface area (Å²) in [4.78, 5) is 8.02. The van der Waals surface area contributed by atoms with Gasteiger partial charge in [0.2, 0.25) is 0 Å². The van der Waals surface area contributed by atoms with Gasteiger partial charge < -0.3 is 10.2 Å². The van der Waals surface area contributed by atoms with Crippen LogP contribution in [0, 0.1) is 0 Å². The van der Waals surface area contributed by atoms with E-state index in [9.17, 15) is 21.6 Å². The van der Waals surface area contributed by atoms with E-state index in [0.29, 0.717) is 45.2 Å². The van der Waals surface area contributed by atoms with E-state index in [0.717, 1.165) is 11.1 Å². The number of alkyl halides is 3. The van der Waals surface area contributed by atoms with Crippen molar-refractivity contribution in [3.05, 3.63) is 35.4 Å². The fraction of sp³-hybridized carbons (Fsp3) is 0.632. The third-order valence-corrected chi connectivity index (χ3v) is 5.69. The summed E-state index contributed by atoms with van der Waals surface area (Å²) in [7, 11) is -3.08. The first-order valence-electron chi connectivity index (χ1n) is 9.59. The summed E-state index contributed by atoms with van der Waals surface area (Å²) in [6.07, 6.45) is -3.02. The van der Waals surface area contributed by atoms with Gasteiger partial charge >= 0.3 is 6.18 Å². The molecule has 0 radical (unpaired) electrons. The van der Waals surface area contributed by atoms with Crippen LogP contribution in [0.4, 0.5) is 13.2 Å². The van der Waals surface area contributed by atoms with Gasteiger partial charge in [0.15, 0.2) is 15.8 Å². The van der Waals surface area contributed by atoms with Crippen molar-refractivity contribution in [1.82, 2.24) is 15.1 Å². The van der Waals surface area contributed by atoms with Gasteiger partial charge in [0.05, 0.1) is 12.3 Å². The Kier molecular flexibility index (Phi) is 10.3. The molecular weight excluding hydrogens is 532 g/mol. The van der Waals surface area contributed by atoms with Crippen molar-refractivity contribution in [2.75, 3.05) is 39.0 Å². The summed E-state index contributed by atoms with van der Waals surface area (Å²) >= 11 is 0. The second kappa shape index (κ2) is 11.5. The molecule has 1 saturated heterocycles. The number of nitrogens with zero attached hydrogens (tertiary/aromatic N) is 3. The van der Waals surface area contributed by atoms with Crippen molar-refractivity contribution < 1.29 is 21.6 Å². The molecule has 1 heterocycles. The van der Waals surface area contributed by atoms with Crippen LogP contribution >= 0.6 is 24.0 Å². The Morgan fingerprint density at radius 3 is 2.13 bits per heavy atom. The molecule has 0 aliphatic carbocycles. The highest BCUT2D eigenvalue weighted by Crippen LogP contribution is 2.25. The summed E-state index contributed by atoms with van der Waals surface area (Å²) < 4.78 is 61.5. The van der Waals surface area contributed by atoms with Crippen LogP contribution in [0.15, 0.2) is 29.3 Å². The highest BCUT2D eigenvalue weighted by molar-refractivity contribution is 14.0. The molecule has 172 valence electrons. The molecule has 2 rings (SSSR count). The lowest BCUT2D eigenvalue weighted by molar-refractivity contribution is -0.181. The minimum absolute atomic E-state index is 0. The summed E-state index contributed by atoms with van der Waals surface area (Å²) in [6, 6.07) is 5.79. The van der Waals surface area contributed by atoms with Gasteiger partial charge in [-0.15, -0.1) is 24.0 Å². The van der Waals surface area contributed by atoms with E-state index >= 15 is 0 Å². The predicted molar refractivity (Wildman–Crippen MR) is 124 cm³/mol. The van der Waals surface area contributed by atoms with Crippen molar-refractivity contribution in [2.45, 2.75) is 38.4 Å².